The van der Waals surface area contributed by atoms with Gasteiger partial charge < -0.3 is 20.1 Å². The summed E-state index contributed by atoms with van der Waals surface area (Å²) in [6, 6.07) is 15.4. The van der Waals surface area contributed by atoms with Crippen molar-refractivity contribution in [3.63, 3.8) is 0 Å². The zero-order chi connectivity index (χ0) is 18.9. The highest BCUT2D eigenvalue weighted by atomic mass is 16.5. The van der Waals surface area contributed by atoms with E-state index in [0.29, 0.717) is 19.5 Å². The maximum Gasteiger partial charge on any atom is 0.293 e. The molecule has 2 aromatic rings. The van der Waals surface area contributed by atoms with Crippen LogP contribution in [0.2, 0.25) is 0 Å². The molecule has 0 bridgehead atoms. The van der Waals surface area contributed by atoms with Gasteiger partial charge in [-0.1, -0.05) is 17.7 Å². The topological polar surface area (TPSA) is 76.7 Å². The summed E-state index contributed by atoms with van der Waals surface area (Å²) in [6.07, 6.45) is 0.671. The van der Waals surface area contributed by atoms with E-state index < -0.39 is 0 Å². The predicted octanol–water partition coefficient (Wildman–Crippen LogP) is 3.48. The van der Waals surface area contributed by atoms with E-state index in [9.17, 15) is 9.59 Å². The van der Waals surface area contributed by atoms with Crippen molar-refractivity contribution in [1.29, 1.82) is 0 Å². The first kappa shape index (κ1) is 22.0. The molecule has 2 N–H and O–H groups in total. The Hall–Kier alpha value is -3.02. The minimum absolute atomic E-state index is 0.431. The predicted molar refractivity (Wildman–Crippen MR) is 101 cm³/mol. The molecule has 0 fully saturated rings. The Kier molecular flexibility index (Phi) is 12.8. The minimum Gasteiger partial charge on any atom is -0.497 e. The normalized spacial score (nSPS) is 8.48. The largest absolute Gasteiger partial charge is 0.497 e. The van der Waals surface area contributed by atoms with E-state index in [2.05, 4.69) is 15.4 Å². The van der Waals surface area contributed by atoms with Gasteiger partial charge in [-0.05, 0) is 50.2 Å². The molecule has 1 amide bonds. The van der Waals surface area contributed by atoms with Gasteiger partial charge in [0.05, 0.1) is 13.7 Å². The van der Waals surface area contributed by atoms with E-state index in [1.165, 1.54) is 5.56 Å². The van der Waals surface area contributed by atoms with Gasteiger partial charge in [-0.15, -0.1) is 0 Å². The lowest BCUT2D eigenvalue weighted by atomic mass is 10.2. The average molecular weight is 346 g/mol. The quantitative estimate of drug-likeness (QED) is 0.783. The summed E-state index contributed by atoms with van der Waals surface area (Å²) in [5, 5.41) is 5.58. The summed E-state index contributed by atoms with van der Waals surface area (Å²) in [4.78, 5) is 19.1. The molecule has 6 nitrogen and oxygen atoms in total. The van der Waals surface area contributed by atoms with E-state index in [4.69, 9.17) is 4.74 Å². The molecule has 0 saturated carbocycles. The third-order valence-electron chi connectivity index (χ3n) is 2.89. The number of amides is 1. The molecule has 0 spiro atoms. The lowest BCUT2D eigenvalue weighted by molar-refractivity contribution is -0.128. The van der Waals surface area contributed by atoms with Gasteiger partial charge in [0, 0.05) is 18.4 Å². The van der Waals surface area contributed by atoms with Gasteiger partial charge in [-0.2, -0.15) is 0 Å². The number of anilines is 2. The number of hydrogen-bond acceptors (Lipinski definition) is 5. The van der Waals surface area contributed by atoms with Gasteiger partial charge in [-0.3, -0.25) is 9.59 Å². The maximum atomic E-state index is 9.95. The summed E-state index contributed by atoms with van der Waals surface area (Å²) in [7, 11) is 3.55. The van der Waals surface area contributed by atoms with Gasteiger partial charge >= 0.3 is 0 Å². The van der Waals surface area contributed by atoms with Crippen LogP contribution in [0.25, 0.3) is 0 Å². The van der Waals surface area contributed by atoms with Gasteiger partial charge in [0.25, 0.3) is 6.47 Å². The van der Waals surface area contributed by atoms with E-state index in [1.807, 2.05) is 62.5 Å². The molecule has 0 aliphatic heterocycles. The van der Waals surface area contributed by atoms with Crippen molar-refractivity contribution in [1.82, 2.24) is 0 Å². The summed E-state index contributed by atoms with van der Waals surface area (Å²) in [5.41, 5.74) is 3.12. The molecule has 136 valence electrons. The second kappa shape index (κ2) is 14.6. The number of benzene rings is 2. The minimum atomic E-state index is 0.431. The Labute approximate surface area is 149 Å². The molecule has 0 atom stereocenters. The van der Waals surface area contributed by atoms with Gasteiger partial charge in [0.1, 0.15) is 5.75 Å². The fraction of sp³-hybridized carbons (Fsp3) is 0.263. The van der Waals surface area contributed by atoms with Crippen molar-refractivity contribution in [3.8, 4) is 5.75 Å². The highest BCUT2D eigenvalue weighted by Crippen LogP contribution is 2.13. The molecule has 0 aliphatic carbocycles. The summed E-state index contributed by atoms with van der Waals surface area (Å²) in [6.45, 7) is 4.67. The number of carbonyl (C=O) groups is 2. The summed E-state index contributed by atoms with van der Waals surface area (Å²) < 4.78 is 9.14. The monoisotopic (exact) mass is 346 g/mol. The van der Waals surface area contributed by atoms with Crippen LogP contribution in [0.1, 0.15) is 12.5 Å². The standard InChI is InChI=1S/C8H11NO.C8H9NO.C3H6O2/c1-9-7-3-5-8(10-2)6-4-7;1-7-2-4-8(5-3-7)9-6-10;1-2-5-3-4/h3-6,9H,1-2H3;2-6H,1H3,(H,9,10);3H,2H2,1H3. The second-order valence-corrected chi connectivity index (χ2v) is 4.66. The van der Waals surface area contributed by atoms with Crippen LogP contribution in [0.15, 0.2) is 48.5 Å². The smallest absolute Gasteiger partial charge is 0.293 e. The molecule has 0 heterocycles. The first-order valence-corrected chi connectivity index (χ1v) is 7.75. The number of carbonyl (C=O) groups excluding carboxylic acids is 2. The van der Waals surface area contributed by atoms with E-state index in [0.717, 1.165) is 17.1 Å². The zero-order valence-corrected chi connectivity index (χ0v) is 15.1. The number of methoxy groups -OCH3 is 1. The molecule has 0 radical (unpaired) electrons. The van der Waals surface area contributed by atoms with Crippen LogP contribution in [0.5, 0.6) is 5.75 Å². The molecule has 0 aliphatic rings. The maximum absolute atomic E-state index is 9.95. The van der Waals surface area contributed by atoms with Crippen LogP contribution in [-0.2, 0) is 14.3 Å². The fourth-order valence-corrected chi connectivity index (χ4v) is 1.54. The summed E-state index contributed by atoms with van der Waals surface area (Å²) in [5.74, 6) is 0.888. The lowest BCUT2D eigenvalue weighted by Gasteiger charge is -2.00. The van der Waals surface area contributed by atoms with Gasteiger partial charge in [-0.25, -0.2) is 0 Å². The van der Waals surface area contributed by atoms with E-state index in [1.54, 1.807) is 14.0 Å². The van der Waals surface area contributed by atoms with Crippen LogP contribution in [0.3, 0.4) is 0 Å². The molecular formula is C19H26N2O4. The van der Waals surface area contributed by atoms with Crippen LogP contribution in [0.4, 0.5) is 11.4 Å². The van der Waals surface area contributed by atoms with Crippen LogP contribution in [0, 0.1) is 6.92 Å². The van der Waals surface area contributed by atoms with E-state index >= 15 is 0 Å². The Morgan fingerprint density at radius 2 is 1.52 bits per heavy atom. The fourth-order valence-electron chi connectivity index (χ4n) is 1.54. The summed E-state index contributed by atoms with van der Waals surface area (Å²) >= 11 is 0. The molecule has 0 saturated heterocycles. The Morgan fingerprint density at radius 3 is 1.88 bits per heavy atom. The zero-order valence-electron chi connectivity index (χ0n) is 15.1. The molecule has 0 unspecified atom stereocenters. The Morgan fingerprint density at radius 1 is 0.960 bits per heavy atom. The Bertz CT molecular complexity index is 560. The van der Waals surface area contributed by atoms with Crippen molar-refractivity contribution in [3.05, 3.63) is 54.1 Å². The highest BCUT2D eigenvalue weighted by Gasteiger charge is 1.88. The highest BCUT2D eigenvalue weighted by molar-refractivity contribution is 5.70. The van der Waals surface area contributed by atoms with Crippen molar-refractivity contribution in [2.75, 3.05) is 31.4 Å². The van der Waals surface area contributed by atoms with Gasteiger partial charge in [0.2, 0.25) is 6.41 Å². The lowest BCUT2D eigenvalue weighted by Crippen LogP contribution is -1.92. The number of ether oxygens (including phenoxy) is 2. The first-order chi connectivity index (χ1) is 12.1. The average Bonchev–Trinajstić information content (AvgIpc) is 2.65. The van der Waals surface area contributed by atoms with Crippen molar-refractivity contribution in [2.24, 2.45) is 0 Å². The van der Waals surface area contributed by atoms with Crippen molar-refractivity contribution in [2.45, 2.75) is 13.8 Å². The second-order valence-electron chi connectivity index (χ2n) is 4.66. The first-order valence-electron chi connectivity index (χ1n) is 7.75. The Balaban J connectivity index is 0.000000368. The molecule has 2 aromatic carbocycles. The number of hydrogen-bond donors (Lipinski definition) is 2. The third-order valence-corrected chi connectivity index (χ3v) is 2.89. The molecule has 2 rings (SSSR count). The van der Waals surface area contributed by atoms with Crippen molar-refractivity contribution < 1.29 is 19.1 Å². The van der Waals surface area contributed by atoms with Crippen LogP contribution < -0.4 is 15.4 Å². The molecule has 25 heavy (non-hydrogen) atoms. The SMILES string of the molecule is CCOC=O.CNc1ccc(OC)cc1.Cc1ccc(NC=O)cc1. The molecule has 0 aromatic heterocycles. The number of rotatable bonds is 6. The third kappa shape index (κ3) is 11.2. The van der Waals surface area contributed by atoms with Crippen molar-refractivity contribution >= 4 is 24.3 Å². The van der Waals surface area contributed by atoms with Crippen LogP contribution >= 0.6 is 0 Å². The van der Waals surface area contributed by atoms with E-state index in [-0.39, 0.29) is 0 Å². The molecular weight excluding hydrogens is 320 g/mol. The number of aryl methyl sites for hydroxylation is 1. The number of nitrogens with one attached hydrogen (secondary N) is 2. The molecule has 6 heteroatoms. The van der Waals surface area contributed by atoms with Gasteiger partial charge in [0.15, 0.2) is 0 Å². The van der Waals surface area contributed by atoms with Crippen LogP contribution in [-0.4, -0.2) is 33.6 Å².